The number of likely N-dealkylation sites (tertiary alicyclic amines) is 1. The molecule has 2 saturated heterocycles. The first-order valence-electron chi connectivity index (χ1n) is 20.8. The van der Waals surface area contributed by atoms with Gasteiger partial charge in [0.25, 0.3) is 0 Å². The lowest BCUT2D eigenvalue weighted by molar-refractivity contribution is -0.136. The summed E-state index contributed by atoms with van der Waals surface area (Å²) in [7, 11) is 2.60. The molecule has 4 aliphatic rings. The molecule has 3 aliphatic heterocycles. The SMILES string of the molecule is COC(=O)N[C@H]1CCCCOCc2[nH]c(nc2-c2ccc(-c3ccc(-c4cnc([C@@H]5CC6(CC6)CN5C(=O)[C@@H](NC(=O)OC)C(C)C)[nH]4)cc3)cc2)[C@@H]2CCCN2C1=O. The van der Waals surface area contributed by atoms with Gasteiger partial charge in [-0.15, -0.1) is 0 Å². The molecule has 5 heterocycles. The van der Waals surface area contributed by atoms with Crippen LogP contribution < -0.4 is 10.6 Å². The van der Waals surface area contributed by atoms with Crippen LogP contribution in [0.15, 0.2) is 54.7 Å². The Hall–Kier alpha value is -5.70. The maximum atomic E-state index is 13.9. The van der Waals surface area contributed by atoms with Crippen LogP contribution in [0.2, 0.25) is 0 Å². The van der Waals surface area contributed by atoms with Crippen LogP contribution >= 0.6 is 0 Å². The summed E-state index contributed by atoms with van der Waals surface area (Å²) in [6.45, 7) is 5.97. The van der Waals surface area contributed by atoms with Gasteiger partial charge in [-0.05, 0) is 79.4 Å². The second-order valence-electron chi connectivity index (χ2n) is 16.8. The highest BCUT2D eigenvalue weighted by molar-refractivity contribution is 5.87. The van der Waals surface area contributed by atoms with Crippen molar-refractivity contribution in [3.05, 3.63) is 72.1 Å². The average molecular weight is 807 g/mol. The van der Waals surface area contributed by atoms with Gasteiger partial charge >= 0.3 is 12.2 Å². The number of nitrogens with one attached hydrogen (secondary N) is 4. The molecule has 4 N–H and O–H groups in total. The number of alkyl carbamates (subject to hydrolysis) is 2. The van der Waals surface area contributed by atoms with Crippen molar-refractivity contribution in [1.29, 1.82) is 0 Å². The average Bonchev–Trinajstić information content (AvgIpc) is 3.74. The maximum Gasteiger partial charge on any atom is 0.407 e. The largest absolute Gasteiger partial charge is 0.453 e. The third-order valence-electron chi connectivity index (χ3n) is 12.4. The van der Waals surface area contributed by atoms with Gasteiger partial charge in [-0.2, -0.15) is 0 Å². The highest BCUT2D eigenvalue weighted by Gasteiger charge is 2.55. The number of carbonyl (C=O) groups excluding carboxylic acids is 4. The van der Waals surface area contributed by atoms with Gasteiger partial charge in [0.1, 0.15) is 23.7 Å². The number of ether oxygens (including phenoxy) is 3. The number of aromatic nitrogens is 4. The van der Waals surface area contributed by atoms with Crippen molar-refractivity contribution in [2.45, 2.75) is 96.0 Å². The summed E-state index contributed by atoms with van der Waals surface area (Å²) in [5.74, 6) is 1.13. The van der Waals surface area contributed by atoms with E-state index in [1.165, 1.54) is 14.2 Å². The number of hydrogen-bond donors (Lipinski definition) is 4. The van der Waals surface area contributed by atoms with E-state index in [1.807, 2.05) is 29.8 Å². The van der Waals surface area contributed by atoms with Gasteiger partial charge in [-0.3, -0.25) is 9.59 Å². The van der Waals surface area contributed by atoms with Crippen molar-refractivity contribution >= 4 is 24.0 Å². The lowest BCUT2D eigenvalue weighted by Gasteiger charge is -2.30. The van der Waals surface area contributed by atoms with E-state index in [0.29, 0.717) is 32.7 Å². The molecule has 1 saturated carbocycles. The fraction of sp³-hybridized carbons (Fsp3) is 0.500. The zero-order valence-electron chi connectivity index (χ0n) is 34.2. The zero-order chi connectivity index (χ0) is 41.3. The molecule has 312 valence electrons. The Labute approximate surface area is 344 Å². The Bertz CT molecular complexity index is 2160. The topological polar surface area (TPSA) is 184 Å². The van der Waals surface area contributed by atoms with Gasteiger partial charge in [-0.25, -0.2) is 19.6 Å². The first-order valence-corrected chi connectivity index (χ1v) is 20.8. The Morgan fingerprint density at radius 1 is 0.864 bits per heavy atom. The van der Waals surface area contributed by atoms with Crippen molar-refractivity contribution in [2.75, 3.05) is 33.9 Å². The minimum atomic E-state index is -0.691. The molecule has 4 aromatic rings. The molecule has 4 atom stereocenters. The predicted octanol–water partition coefficient (Wildman–Crippen LogP) is 6.66. The number of H-pyrrole nitrogens is 2. The van der Waals surface area contributed by atoms with E-state index in [0.717, 1.165) is 95.9 Å². The number of methoxy groups -OCH3 is 2. The minimum absolute atomic E-state index is 0.108. The molecule has 8 rings (SSSR count). The molecule has 15 nitrogen and oxygen atoms in total. The number of nitrogens with zero attached hydrogens (tertiary/aromatic N) is 4. The standard InChI is InChI=1S/C44H54N8O7/c1-26(2)36(50-43(56)58-4)41(54)52-25-44(18-19-44)22-35(52)38-45-23-32(46-38)29-14-10-27(11-15-29)28-12-16-30(17-13-28)37-33-24-59-21-6-5-8-31(48-42(55)57-3)40(53)51-20-7-9-34(51)39(47-33)49-37/h10-17,23,26,31,34-36H,5-9,18-22,24-25H2,1-4H3,(H,45,46)(H,47,49)(H,48,55)(H,50,56)/t31-,34-,35-,36-/m0/s1. The van der Waals surface area contributed by atoms with Gasteiger partial charge in [0, 0.05) is 25.3 Å². The van der Waals surface area contributed by atoms with Gasteiger partial charge in [0.2, 0.25) is 11.8 Å². The van der Waals surface area contributed by atoms with Gasteiger partial charge < -0.3 is 44.6 Å². The Morgan fingerprint density at radius 2 is 1.56 bits per heavy atom. The lowest BCUT2D eigenvalue weighted by atomic mass is 10.0. The van der Waals surface area contributed by atoms with Gasteiger partial charge in [-0.1, -0.05) is 62.4 Å². The van der Waals surface area contributed by atoms with Crippen molar-refractivity contribution < 1.29 is 33.4 Å². The van der Waals surface area contributed by atoms with E-state index in [9.17, 15) is 19.2 Å². The molecular weight excluding hydrogens is 753 g/mol. The van der Waals surface area contributed by atoms with Crippen LogP contribution in [0.3, 0.4) is 0 Å². The molecule has 1 aliphatic carbocycles. The molecule has 0 unspecified atom stereocenters. The molecule has 4 amide bonds. The molecule has 3 fully saturated rings. The van der Waals surface area contributed by atoms with Crippen LogP contribution in [0.1, 0.15) is 94.6 Å². The van der Waals surface area contributed by atoms with Crippen molar-refractivity contribution in [2.24, 2.45) is 11.3 Å². The molecule has 15 heteroatoms. The van der Waals surface area contributed by atoms with Crippen LogP contribution in [0.25, 0.3) is 33.6 Å². The molecule has 2 aromatic carbocycles. The second-order valence-corrected chi connectivity index (χ2v) is 16.8. The van der Waals surface area contributed by atoms with E-state index in [-0.39, 0.29) is 35.2 Å². The highest BCUT2D eigenvalue weighted by Crippen LogP contribution is 2.58. The van der Waals surface area contributed by atoms with Crippen LogP contribution in [-0.2, 0) is 30.4 Å². The van der Waals surface area contributed by atoms with E-state index in [4.69, 9.17) is 24.2 Å². The third kappa shape index (κ3) is 8.43. The summed E-state index contributed by atoms with van der Waals surface area (Å²) in [5, 5.41) is 5.49. The summed E-state index contributed by atoms with van der Waals surface area (Å²) < 4.78 is 15.7. The first-order chi connectivity index (χ1) is 28.6. The Balaban J connectivity index is 0.979. The fourth-order valence-electron chi connectivity index (χ4n) is 8.90. The summed E-state index contributed by atoms with van der Waals surface area (Å²) in [6, 6.07) is 14.8. The lowest BCUT2D eigenvalue weighted by Crippen LogP contribution is -2.51. The smallest absolute Gasteiger partial charge is 0.407 e. The zero-order valence-corrected chi connectivity index (χ0v) is 34.2. The van der Waals surface area contributed by atoms with E-state index in [1.54, 1.807) is 0 Å². The quantitative estimate of drug-likeness (QED) is 0.151. The van der Waals surface area contributed by atoms with Gasteiger partial charge in [0.05, 0.1) is 56.2 Å². The number of benzene rings is 2. The number of aromatic amines is 2. The van der Waals surface area contributed by atoms with E-state index in [2.05, 4.69) is 69.1 Å². The normalized spacial score (nSPS) is 21.9. The number of hydrogen-bond acceptors (Lipinski definition) is 9. The predicted molar refractivity (Wildman–Crippen MR) is 218 cm³/mol. The number of rotatable bonds is 8. The molecule has 59 heavy (non-hydrogen) atoms. The molecular formula is C44H54N8O7. The van der Waals surface area contributed by atoms with Crippen molar-refractivity contribution in [3.8, 4) is 33.6 Å². The van der Waals surface area contributed by atoms with Gasteiger partial charge in [0.15, 0.2) is 0 Å². The summed E-state index contributed by atoms with van der Waals surface area (Å²) >= 11 is 0. The number of carbonyl (C=O) groups is 4. The summed E-state index contributed by atoms with van der Waals surface area (Å²) in [6.07, 6.45) is 7.20. The van der Waals surface area contributed by atoms with Crippen LogP contribution in [0.5, 0.6) is 0 Å². The highest BCUT2D eigenvalue weighted by atomic mass is 16.5. The van der Waals surface area contributed by atoms with Crippen LogP contribution in [0.4, 0.5) is 9.59 Å². The fourth-order valence-corrected chi connectivity index (χ4v) is 8.90. The molecule has 1 spiro atoms. The molecule has 0 radical (unpaired) electrons. The minimum Gasteiger partial charge on any atom is -0.453 e. The monoisotopic (exact) mass is 806 g/mol. The van der Waals surface area contributed by atoms with Crippen molar-refractivity contribution in [3.63, 3.8) is 0 Å². The Morgan fingerprint density at radius 3 is 2.24 bits per heavy atom. The molecule has 2 aromatic heterocycles. The Kier molecular flexibility index (Phi) is 11.5. The summed E-state index contributed by atoms with van der Waals surface area (Å²) in [4.78, 5) is 72.5. The first kappa shape index (κ1) is 40.1. The van der Waals surface area contributed by atoms with Crippen LogP contribution in [0, 0.1) is 11.3 Å². The maximum absolute atomic E-state index is 13.9. The second kappa shape index (κ2) is 16.9. The number of fused-ring (bicyclic) bond motifs is 4. The van der Waals surface area contributed by atoms with E-state index < -0.39 is 24.3 Å². The third-order valence-corrected chi connectivity index (χ3v) is 12.4. The van der Waals surface area contributed by atoms with Crippen LogP contribution in [-0.4, -0.2) is 99.7 Å². The van der Waals surface area contributed by atoms with Crippen molar-refractivity contribution in [1.82, 2.24) is 40.4 Å². The molecule has 2 bridgehead atoms. The summed E-state index contributed by atoms with van der Waals surface area (Å²) in [5.41, 5.74) is 6.68. The van der Waals surface area contributed by atoms with E-state index >= 15 is 0 Å². The number of imidazole rings is 2. The number of amides is 4.